The predicted octanol–water partition coefficient (Wildman–Crippen LogP) is 2.93. The van der Waals surface area contributed by atoms with Crippen molar-refractivity contribution in [3.8, 4) is 0 Å². The molecule has 0 amide bonds. The molecule has 0 aliphatic carbocycles. The lowest BCUT2D eigenvalue weighted by Crippen LogP contribution is -2.49. The number of ether oxygens (including phenoxy) is 2. The highest BCUT2D eigenvalue weighted by Gasteiger charge is 2.42. The molecule has 8 heteroatoms. The Morgan fingerprint density at radius 3 is 2.93 bits per heavy atom. The van der Waals surface area contributed by atoms with Crippen molar-refractivity contribution in [2.45, 2.75) is 31.9 Å². The van der Waals surface area contributed by atoms with E-state index < -0.39 is 0 Å². The van der Waals surface area contributed by atoms with Crippen LogP contribution < -0.4 is 5.32 Å². The maximum absolute atomic E-state index is 14.8. The van der Waals surface area contributed by atoms with Gasteiger partial charge in [-0.1, -0.05) is 17.7 Å². The topological polar surface area (TPSA) is 49.3 Å². The molecular formula is C22H32ClFN4O2. The predicted molar refractivity (Wildman–Crippen MR) is 117 cm³/mol. The van der Waals surface area contributed by atoms with Crippen LogP contribution in [0.1, 0.15) is 31.4 Å². The molecule has 6 nitrogen and oxygen atoms in total. The molecule has 1 spiro atoms. The van der Waals surface area contributed by atoms with Gasteiger partial charge in [0, 0.05) is 62.4 Å². The Hall–Kier alpha value is -1.41. The minimum atomic E-state index is -0.272. The van der Waals surface area contributed by atoms with E-state index in [1.54, 1.807) is 19.2 Å². The fourth-order valence-corrected chi connectivity index (χ4v) is 5.27. The lowest BCUT2D eigenvalue weighted by molar-refractivity contribution is -0.0344. The van der Waals surface area contributed by atoms with Crippen LogP contribution in [0.2, 0.25) is 5.02 Å². The van der Waals surface area contributed by atoms with Gasteiger partial charge in [-0.25, -0.2) is 4.39 Å². The van der Waals surface area contributed by atoms with Crippen molar-refractivity contribution in [1.29, 1.82) is 0 Å². The molecule has 0 aromatic heterocycles. The van der Waals surface area contributed by atoms with Gasteiger partial charge in [0.1, 0.15) is 5.82 Å². The van der Waals surface area contributed by atoms with E-state index in [2.05, 4.69) is 20.1 Å². The molecule has 3 heterocycles. The Balaban J connectivity index is 1.50. The Morgan fingerprint density at radius 2 is 2.23 bits per heavy atom. The Kier molecular flexibility index (Phi) is 6.82. The zero-order valence-corrected chi connectivity index (χ0v) is 18.6. The van der Waals surface area contributed by atoms with Crippen LogP contribution in [-0.4, -0.2) is 81.5 Å². The second-order valence-electron chi connectivity index (χ2n) is 8.73. The van der Waals surface area contributed by atoms with Crippen LogP contribution in [0.5, 0.6) is 0 Å². The molecule has 3 fully saturated rings. The Labute approximate surface area is 183 Å². The normalized spacial score (nSPS) is 29.0. The number of hydrogen-bond acceptors (Lipinski definition) is 4. The number of likely N-dealkylation sites (tertiary alicyclic amines) is 1. The number of nitrogens with zero attached hydrogens (tertiary/aromatic N) is 3. The molecule has 30 heavy (non-hydrogen) atoms. The first-order valence-corrected chi connectivity index (χ1v) is 11.2. The highest BCUT2D eigenvalue weighted by Crippen LogP contribution is 2.38. The van der Waals surface area contributed by atoms with Crippen molar-refractivity contribution in [2.24, 2.45) is 10.4 Å². The van der Waals surface area contributed by atoms with Crippen LogP contribution in [0.3, 0.4) is 0 Å². The minimum Gasteiger partial charge on any atom is -0.381 e. The summed E-state index contributed by atoms with van der Waals surface area (Å²) in [6.07, 6.45) is 2.34. The van der Waals surface area contributed by atoms with Gasteiger partial charge in [-0.3, -0.25) is 9.89 Å². The van der Waals surface area contributed by atoms with Crippen LogP contribution in [0.25, 0.3) is 0 Å². The lowest BCUT2D eigenvalue weighted by Gasteiger charge is -2.38. The van der Waals surface area contributed by atoms with Gasteiger partial charge < -0.3 is 19.7 Å². The van der Waals surface area contributed by atoms with Gasteiger partial charge in [0.15, 0.2) is 5.96 Å². The molecular weight excluding hydrogens is 407 g/mol. The molecule has 0 radical (unpaired) electrons. The molecule has 3 unspecified atom stereocenters. The van der Waals surface area contributed by atoms with Crippen molar-refractivity contribution < 1.29 is 13.9 Å². The van der Waals surface area contributed by atoms with Gasteiger partial charge >= 0.3 is 0 Å². The van der Waals surface area contributed by atoms with Crippen LogP contribution in [-0.2, 0) is 9.47 Å². The van der Waals surface area contributed by atoms with Gasteiger partial charge in [-0.2, -0.15) is 0 Å². The summed E-state index contributed by atoms with van der Waals surface area (Å²) in [6.45, 7) is 8.28. The Morgan fingerprint density at radius 1 is 1.37 bits per heavy atom. The number of hydrogen-bond donors (Lipinski definition) is 1. The zero-order chi connectivity index (χ0) is 21.1. The summed E-state index contributed by atoms with van der Waals surface area (Å²) < 4.78 is 26.2. The van der Waals surface area contributed by atoms with E-state index in [1.807, 2.05) is 6.92 Å². The summed E-state index contributed by atoms with van der Waals surface area (Å²) in [5, 5.41) is 3.97. The second-order valence-corrected chi connectivity index (χ2v) is 9.14. The van der Waals surface area contributed by atoms with E-state index in [0.29, 0.717) is 23.7 Å². The van der Waals surface area contributed by atoms with Gasteiger partial charge in [0.2, 0.25) is 0 Å². The molecule has 166 valence electrons. The van der Waals surface area contributed by atoms with Gasteiger partial charge in [-0.15, -0.1) is 0 Å². The highest BCUT2D eigenvalue weighted by molar-refractivity contribution is 6.31. The van der Waals surface area contributed by atoms with Crippen molar-refractivity contribution >= 4 is 17.6 Å². The van der Waals surface area contributed by atoms with E-state index >= 15 is 0 Å². The van der Waals surface area contributed by atoms with E-state index in [0.717, 1.165) is 58.2 Å². The summed E-state index contributed by atoms with van der Waals surface area (Å²) in [6, 6.07) is 4.70. The van der Waals surface area contributed by atoms with E-state index in [1.165, 1.54) is 6.07 Å². The summed E-state index contributed by atoms with van der Waals surface area (Å²) in [5.41, 5.74) is 0.796. The number of nitrogens with one attached hydrogen (secondary N) is 1. The molecule has 0 bridgehead atoms. The number of guanidine groups is 1. The number of rotatable bonds is 4. The van der Waals surface area contributed by atoms with Crippen LogP contribution in [0.15, 0.2) is 23.2 Å². The molecule has 0 saturated carbocycles. The fraction of sp³-hybridized carbons (Fsp3) is 0.682. The number of benzene rings is 1. The van der Waals surface area contributed by atoms with Crippen molar-refractivity contribution in [3.63, 3.8) is 0 Å². The third-order valence-electron chi connectivity index (χ3n) is 6.63. The largest absolute Gasteiger partial charge is 0.381 e. The van der Waals surface area contributed by atoms with E-state index in [4.69, 9.17) is 21.1 Å². The maximum atomic E-state index is 14.8. The molecule has 3 saturated heterocycles. The van der Waals surface area contributed by atoms with Crippen LogP contribution in [0.4, 0.5) is 4.39 Å². The van der Waals surface area contributed by atoms with Crippen molar-refractivity contribution in [2.75, 3.05) is 59.6 Å². The maximum Gasteiger partial charge on any atom is 0.193 e. The SMILES string of the molecule is CN=C(NCC(c1c(F)cccc1Cl)N1CCOC(C)C1)N1CCC2(CCOC2)C1. The molecule has 3 aliphatic heterocycles. The molecule has 1 aromatic carbocycles. The van der Waals surface area contributed by atoms with E-state index in [9.17, 15) is 4.39 Å². The molecule has 4 rings (SSSR count). The van der Waals surface area contributed by atoms with Gasteiger partial charge in [-0.05, 0) is 31.9 Å². The van der Waals surface area contributed by atoms with Gasteiger partial charge in [0.25, 0.3) is 0 Å². The van der Waals surface area contributed by atoms with Crippen LogP contribution >= 0.6 is 11.6 Å². The highest BCUT2D eigenvalue weighted by atomic mass is 35.5. The average Bonchev–Trinajstić information content (AvgIpc) is 3.36. The summed E-state index contributed by atoms with van der Waals surface area (Å²) >= 11 is 6.46. The summed E-state index contributed by atoms with van der Waals surface area (Å²) in [4.78, 5) is 9.08. The van der Waals surface area contributed by atoms with Crippen LogP contribution in [0, 0.1) is 11.2 Å². The standard InChI is InChI=1S/C22H32ClFN4O2/c1-16-13-27(9-11-30-16)19(20-17(23)4-3-5-18(20)24)12-26-21(25-2)28-8-6-22(14-28)7-10-29-15-22/h3-5,16,19H,6-15H2,1-2H3,(H,25,26). The average molecular weight is 439 g/mol. The zero-order valence-electron chi connectivity index (χ0n) is 17.9. The third kappa shape index (κ3) is 4.59. The van der Waals surface area contributed by atoms with Crippen molar-refractivity contribution in [3.05, 3.63) is 34.6 Å². The monoisotopic (exact) mass is 438 g/mol. The second kappa shape index (κ2) is 9.39. The third-order valence-corrected chi connectivity index (χ3v) is 6.96. The smallest absolute Gasteiger partial charge is 0.193 e. The molecule has 3 atom stereocenters. The number of morpholine rings is 1. The fourth-order valence-electron chi connectivity index (χ4n) is 4.98. The first kappa shape index (κ1) is 21.8. The summed E-state index contributed by atoms with van der Waals surface area (Å²) in [7, 11) is 1.81. The number of aliphatic imine (C=N–C) groups is 1. The summed E-state index contributed by atoms with van der Waals surface area (Å²) in [5.74, 6) is 0.587. The van der Waals surface area contributed by atoms with E-state index in [-0.39, 0.29) is 23.4 Å². The molecule has 3 aliphatic rings. The number of halogens is 2. The first-order chi connectivity index (χ1) is 14.5. The molecule has 1 aromatic rings. The quantitative estimate of drug-likeness (QED) is 0.578. The first-order valence-electron chi connectivity index (χ1n) is 10.8. The Bertz CT molecular complexity index is 751. The lowest BCUT2D eigenvalue weighted by atomic mass is 9.87. The molecule has 1 N–H and O–H groups in total. The minimum absolute atomic E-state index is 0.104. The van der Waals surface area contributed by atoms with Crippen molar-refractivity contribution in [1.82, 2.24) is 15.1 Å². The van der Waals surface area contributed by atoms with Gasteiger partial charge in [0.05, 0.1) is 25.4 Å².